The molecule has 0 atom stereocenters. The van der Waals surface area contributed by atoms with Crippen molar-refractivity contribution in [2.24, 2.45) is 5.41 Å². The molecule has 1 aliphatic rings. The van der Waals surface area contributed by atoms with Gasteiger partial charge in [0.1, 0.15) is 5.82 Å². The zero-order valence-corrected chi connectivity index (χ0v) is 40.8. The number of fused-ring (bicyclic) bond motifs is 3. The zero-order valence-electron chi connectivity index (χ0n) is 38.5. The summed E-state index contributed by atoms with van der Waals surface area (Å²) in [6.07, 6.45) is 4.31. The summed E-state index contributed by atoms with van der Waals surface area (Å²) >= 11 is 0. The van der Waals surface area contributed by atoms with E-state index >= 15 is 0 Å². The minimum absolute atomic E-state index is 0. The van der Waals surface area contributed by atoms with E-state index in [4.69, 9.17) is 4.98 Å². The van der Waals surface area contributed by atoms with Crippen LogP contribution in [-0.2, 0) is 37.3 Å². The molecular weight excluding hydrogens is 923 g/mol. The number of aromatic nitrogens is 2. The molecule has 8 rings (SSSR count). The van der Waals surface area contributed by atoms with Crippen molar-refractivity contribution in [3.05, 3.63) is 170 Å². The maximum Gasteiger partial charge on any atom is 0.191 e. The molecule has 5 aromatic carbocycles. The minimum atomic E-state index is -0.119. The first-order chi connectivity index (χ1) is 27.8. The molecule has 0 saturated carbocycles. The first-order valence-electron chi connectivity index (χ1n) is 21.2. The van der Waals surface area contributed by atoms with Crippen molar-refractivity contribution in [3.8, 4) is 5.82 Å². The molecule has 61 heavy (non-hydrogen) atoms. The Morgan fingerprint density at radius 1 is 0.574 bits per heavy atom. The second kappa shape index (κ2) is 16.8. The summed E-state index contributed by atoms with van der Waals surface area (Å²) < 4.78 is 2.31. The van der Waals surface area contributed by atoms with Crippen LogP contribution < -0.4 is 26.2 Å². The third-order valence-corrected chi connectivity index (χ3v) is 11.9. The fourth-order valence-corrected chi connectivity index (χ4v) is 8.40. The fraction of sp³-hybridized carbons (Fsp3) is 0.309. The second-order valence-electron chi connectivity index (χ2n) is 20.6. The van der Waals surface area contributed by atoms with E-state index in [0.717, 1.165) is 33.5 Å². The van der Waals surface area contributed by atoms with Crippen molar-refractivity contribution in [3.63, 3.8) is 0 Å². The molecule has 0 amide bonds. The average Bonchev–Trinajstić information content (AvgIpc) is 3.79. The van der Waals surface area contributed by atoms with Gasteiger partial charge in [-0.05, 0) is 63.1 Å². The van der Waals surface area contributed by atoms with Gasteiger partial charge in [0.2, 0.25) is 0 Å². The second-order valence-corrected chi connectivity index (χ2v) is 20.6. The molecule has 3 heterocycles. The van der Waals surface area contributed by atoms with Crippen LogP contribution in [0.5, 0.6) is 0 Å². The van der Waals surface area contributed by atoms with Crippen LogP contribution in [0.1, 0.15) is 99.8 Å². The van der Waals surface area contributed by atoms with E-state index in [2.05, 4.69) is 231 Å². The van der Waals surface area contributed by atoms with Crippen molar-refractivity contribution >= 4 is 56.3 Å². The van der Waals surface area contributed by atoms with E-state index in [1.165, 1.54) is 44.3 Å². The van der Waals surface area contributed by atoms with Gasteiger partial charge in [-0.15, -0.1) is 11.5 Å². The molecule has 2 aromatic heterocycles. The number of nitrogens with zero attached hydrogens (tertiary/aromatic N) is 4. The molecule has 0 fully saturated rings. The van der Waals surface area contributed by atoms with Crippen molar-refractivity contribution in [1.82, 2.24) is 9.55 Å². The van der Waals surface area contributed by atoms with Crippen LogP contribution >= 0.6 is 0 Å². The predicted octanol–water partition coefficient (Wildman–Crippen LogP) is 11.8. The minimum Gasteiger partial charge on any atom is -0.358 e. The Morgan fingerprint density at radius 3 is 1.90 bits per heavy atom. The number of pyridine rings is 1. The van der Waals surface area contributed by atoms with Crippen LogP contribution in [0.25, 0.3) is 27.6 Å². The third kappa shape index (κ3) is 9.06. The molecule has 0 unspecified atom stereocenters. The maximum absolute atomic E-state index is 4.97. The van der Waals surface area contributed by atoms with Gasteiger partial charge in [-0.2, -0.15) is 46.8 Å². The largest absolute Gasteiger partial charge is 0.358 e. The van der Waals surface area contributed by atoms with Gasteiger partial charge in [0.05, 0.1) is 6.67 Å². The van der Waals surface area contributed by atoms with E-state index in [-0.39, 0.29) is 56.9 Å². The Balaban J connectivity index is 0.00000311. The molecule has 0 N–H and O–H groups in total. The van der Waals surface area contributed by atoms with Crippen LogP contribution in [-0.4, -0.2) is 22.9 Å². The average molecular weight is 985 g/mol. The Bertz CT molecular complexity index is 2700. The monoisotopic (exact) mass is 984 g/mol. The number of rotatable bonds is 6. The van der Waals surface area contributed by atoms with Gasteiger partial charge in [0, 0.05) is 55.8 Å². The normalized spacial score (nSPS) is 13.6. The summed E-state index contributed by atoms with van der Waals surface area (Å²) in [6, 6.07) is 50.4. The van der Waals surface area contributed by atoms with Crippen LogP contribution in [0.15, 0.2) is 133 Å². The molecule has 7 aromatic rings. The third-order valence-electron chi connectivity index (χ3n) is 11.9. The topological polar surface area (TPSA) is 24.3 Å². The molecule has 6 heteroatoms. The SMILES string of the molecule is CC(C)(C)C1=CN(c2cccc(C(C)(C)C)c2)CN1c1[c-]c(B(c2[c-]c3c(cc2)c2ccccc2n3-c2cc(C(C)(C)C)ccn2)c2ccccc2)cc(C(C)(C)C)c1.[CH3-].[Pt]. The van der Waals surface area contributed by atoms with E-state index < -0.39 is 0 Å². The van der Waals surface area contributed by atoms with Crippen molar-refractivity contribution in [2.45, 2.75) is 99.3 Å². The number of hydrogen-bond acceptors (Lipinski definition) is 3. The Kier molecular flexibility index (Phi) is 12.6. The van der Waals surface area contributed by atoms with Gasteiger partial charge in [0.25, 0.3) is 0 Å². The van der Waals surface area contributed by atoms with Gasteiger partial charge >= 0.3 is 0 Å². The van der Waals surface area contributed by atoms with Crippen LogP contribution in [0.2, 0.25) is 0 Å². The first kappa shape index (κ1) is 45.7. The molecule has 0 aliphatic carbocycles. The van der Waals surface area contributed by atoms with Crippen LogP contribution in [0.4, 0.5) is 11.4 Å². The van der Waals surface area contributed by atoms with Crippen molar-refractivity contribution in [2.75, 3.05) is 16.5 Å². The Hall–Kier alpha value is -4.86. The number of allylic oxidation sites excluding steroid dienone is 1. The summed E-state index contributed by atoms with van der Waals surface area (Å²) in [5.41, 5.74) is 12.9. The molecule has 0 bridgehead atoms. The smallest absolute Gasteiger partial charge is 0.191 e. The van der Waals surface area contributed by atoms with E-state index in [9.17, 15) is 0 Å². The van der Waals surface area contributed by atoms with Crippen LogP contribution in [0, 0.1) is 25.0 Å². The molecule has 0 radical (unpaired) electrons. The molecule has 0 spiro atoms. The van der Waals surface area contributed by atoms with Crippen molar-refractivity contribution in [1.29, 1.82) is 0 Å². The van der Waals surface area contributed by atoms with Gasteiger partial charge < -0.3 is 21.8 Å². The van der Waals surface area contributed by atoms with Gasteiger partial charge in [-0.3, -0.25) is 0 Å². The summed E-state index contributed by atoms with van der Waals surface area (Å²) in [4.78, 5) is 9.87. The summed E-state index contributed by atoms with van der Waals surface area (Å²) in [5, 5.41) is 2.36. The zero-order chi connectivity index (χ0) is 42.1. The Labute approximate surface area is 381 Å². The Morgan fingerprint density at radius 2 is 1.23 bits per heavy atom. The van der Waals surface area contributed by atoms with E-state index in [1.54, 1.807) is 0 Å². The van der Waals surface area contributed by atoms with E-state index in [1.807, 2.05) is 6.20 Å². The van der Waals surface area contributed by atoms with Crippen LogP contribution in [0.3, 0.4) is 0 Å². The van der Waals surface area contributed by atoms with Gasteiger partial charge in [-0.1, -0.05) is 160 Å². The standard InChI is InChI=1S/C54H59BN4.CH3.Pt/c1-51(2,3)37-19-18-22-43(30-37)57-35-49(54(10,11)12)58(36-57)44-31-39(53(7,8)9)29-42(33-44)55(40-20-14-13-15-21-40)41-25-26-46-45-23-16-17-24-47(45)59(48(46)34-41)50-32-38(27-28-56-50)52(4,5)6;;/h13-32,35H,36H2,1-12H3;1H3;/q-2;-1;. The molecular formula is C55H62BN4Pt-3. The number of anilines is 2. The maximum atomic E-state index is 4.97. The van der Waals surface area contributed by atoms with E-state index in [0.29, 0.717) is 6.67 Å². The van der Waals surface area contributed by atoms with Gasteiger partial charge in [0.15, 0.2) is 6.71 Å². The predicted molar refractivity (Wildman–Crippen MR) is 260 cm³/mol. The summed E-state index contributed by atoms with van der Waals surface area (Å²) in [7, 11) is 0. The van der Waals surface area contributed by atoms with Crippen molar-refractivity contribution < 1.29 is 21.1 Å². The quantitative estimate of drug-likeness (QED) is 0.123. The number of benzene rings is 5. The number of hydrogen-bond donors (Lipinski definition) is 0. The fourth-order valence-electron chi connectivity index (χ4n) is 8.40. The molecule has 1 aliphatic heterocycles. The summed E-state index contributed by atoms with van der Waals surface area (Å²) in [5.74, 6) is 0.907. The molecule has 318 valence electrons. The molecule has 0 saturated heterocycles. The number of para-hydroxylation sites is 1. The summed E-state index contributed by atoms with van der Waals surface area (Å²) in [6.45, 7) is 28.1. The van der Waals surface area contributed by atoms with Gasteiger partial charge in [-0.25, -0.2) is 4.98 Å². The molecule has 4 nitrogen and oxygen atoms in total. The first-order valence-corrected chi connectivity index (χ1v) is 21.2.